The maximum atomic E-state index is 12.2. The van der Waals surface area contributed by atoms with Gasteiger partial charge in [-0.05, 0) is 18.4 Å². The van der Waals surface area contributed by atoms with E-state index in [0.717, 1.165) is 0 Å². The highest BCUT2D eigenvalue weighted by molar-refractivity contribution is 4.71. The topological polar surface area (TPSA) is 49.5 Å². The first-order valence-electron chi connectivity index (χ1n) is 5.40. The Hall–Kier alpha value is -0.330. The molecule has 98 valence electrons. The molecule has 6 heteroatoms. The van der Waals surface area contributed by atoms with Crippen molar-refractivity contribution < 1.29 is 18.3 Å². The third-order valence-corrected chi connectivity index (χ3v) is 2.56. The van der Waals surface area contributed by atoms with Crippen molar-refractivity contribution in [1.82, 2.24) is 4.90 Å². The Kier molecular flexibility index (Phi) is 6.94. The molecule has 0 aliphatic rings. The smallest absolute Gasteiger partial charge is 0.395 e. The molecule has 3 N–H and O–H groups in total. The van der Waals surface area contributed by atoms with Crippen molar-refractivity contribution in [3.05, 3.63) is 0 Å². The number of alkyl halides is 3. The number of nitrogens with two attached hydrogens (primary N) is 1. The van der Waals surface area contributed by atoms with Gasteiger partial charge in [-0.1, -0.05) is 13.8 Å². The summed E-state index contributed by atoms with van der Waals surface area (Å²) >= 11 is 0. The number of aliphatic hydroxyl groups is 1. The van der Waals surface area contributed by atoms with Crippen molar-refractivity contribution in [2.45, 2.75) is 20.0 Å². The summed E-state index contributed by atoms with van der Waals surface area (Å²) in [7, 11) is 0. The van der Waals surface area contributed by atoms with Crippen LogP contribution in [-0.2, 0) is 0 Å². The molecule has 3 nitrogen and oxygen atoms in total. The van der Waals surface area contributed by atoms with E-state index >= 15 is 0 Å². The van der Waals surface area contributed by atoms with Gasteiger partial charge in [0.2, 0.25) is 0 Å². The van der Waals surface area contributed by atoms with Crippen molar-refractivity contribution in [3.63, 3.8) is 0 Å². The standard InChI is InChI=1S/C10H21F3N2O/c1-8(2)9(5-14)6-15(3-4-16)7-10(11,12)13/h8-9,16H,3-7,14H2,1-2H3. The fourth-order valence-corrected chi connectivity index (χ4v) is 1.52. The minimum atomic E-state index is -4.23. The van der Waals surface area contributed by atoms with Crippen LogP contribution < -0.4 is 5.73 Å². The third-order valence-electron chi connectivity index (χ3n) is 2.56. The van der Waals surface area contributed by atoms with E-state index in [2.05, 4.69) is 0 Å². The molecule has 0 rings (SSSR count). The molecule has 16 heavy (non-hydrogen) atoms. The largest absolute Gasteiger partial charge is 0.401 e. The molecule has 0 spiro atoms. The van der Waals surface area contributed by atoms with Gasteiger partial charge < -0.3 is 10.8 Å². The second kappa shape index (κ2) is 7.09. The van der Waals surface area contributed by atoms with Gasteiger partial charge in [0, 0.05) is 13.1 Å². The second-order valence-corrected chi connectivity index (χ2v) is 4.31. The number of rotatable bonds is 7. The molecule has 0 aromatic carbocycles. The lowest BCUT2D eigenvalue weighted by Crippen LogP contribution is -2.42. The molecule has 0 radical (unpaired) electrons. The lowest BCUT2D eigenvalue weighted by atomic mass is 9.95. The number of halogens is 3. The van der Waals surface area contributed by atoms with E-state index < -0.39 is 12.7 Å². The Morgan fingerprint density at radius 1 is 1.31 bits per heavy atom. The van der Waals surface area contributed by atoms with Gasteiger partial charge in [-0.3, -0.25) is 4.90 Å². The van der Waals surface area contributed by atoms with Gasteiger partial charge in [0.1, 0.15) is 0 Å². The van der Waals surface area contributed by atoms with E-state index in [0.29, 0.717) is 6.54 Å². The van der Waals surface area contributed by atoms with Crippen molar-refractivity contribution in [2.75, 3.05) is 32.8 Å². The van der Waals surface area contributed by atoms with Gasteiger partial charge >= 0.3 is 6.18 Å². The van der Waals surface area contributed by atoms with E-state index in [1.54, 1.807) is 0 Å². The van der Waals surface area contributed by atoms with E-state index in [-0.39, 0.29) is 31.5 Å². The third kappa shape index (κ3) is 7.03. The summed E-state index contributed by atoms with van der Waals surface area (Å²) in [5.41, 5.74) is 5.51. The van der Waals surface area contributed by atoms with Crippen LogP contribution in [0.15, 0.2) is 0 Å². The van der Waals surface area contributed by atoms with E-state index in [9.17, 15) is 13.2 Å². The van der Waals surface area contributed by atoms with Crippen molar-refractivity contribution in [2.24, 2.45) is 17.6 Å². The van der Waals surface area contributed by atoms with Crippen LogP contribution in [0, 0.1) is 11.8 Å². The van der Waals surface area contributed by atoms with E-state index in [4.69, 9.17) is 10.8 Å². The molecule has 1 atom stereocenters. The number of hydrogen-bond acceptors (Lipinski definition) is 3. The summed E-state index contributed by atoms with van der Waals surface area (Å²) in [6.45, 7) is 3.27. The van der Waals surface area contributed by atoms with Gasteiger partial charge in [0.05, 0.1) is 13.2 Å². The second-order valence-electron chi connectivity index (χ2n) is 4.31. The molecule has 1 unspecified atom stereocenters. The molecule has 0 saturated heterocycles. The summed E-state index contributed by atoms with van der Waals surface area (Å²) in [4.78, 5) is 1.21. The van der Waals surface area contributed by atoms with Crippen molar-refractivity contribution in [1.29, 1.82) is 0 Å². The first kappa shape index (κ1) is 15.7. The molecular formula is C10H21F3N2O. The molecule has 0 amide bonds. The quantitative estimate of drug-likeness (QED) is 0.702. The van der Waals surface area contributed by atoms with Gasteiger partial charge in [0.25, 0.3) is 0 Å². The normalized spacial score (nSPS) is 14.8. The highest BCUT2D eigenvalue weighted by Gasteiger charge is 2.31. The van der Waals surface area contributed by atoms with Crippen LogP contribution in [0.4, 0.5) is 13.2 Å². The maximum Gasteiger partial charge on any atom is 0.401 e. The maximum absolute atomic E-state index is 12.2. The molecule has 0 heterocycles. The van der Waals surface area contributed by atoms with Crippen LogP contribution in [-0.4, -0.2) is 49.0 Å². The fraction of sp³-hybridized carbons (Fsp3) is 1.00. The molecule has 0 saturated carbocycles. The summed E-state index contributed by atoms with van der Waals surface area (Å²) in [5.74, 6) is 0.258. The van der Waals surface area contributed by atoms with Crippen LogP contribution in [0.1, 0.15) is 13.8 Å². The summed E-state index contributed by atoms with van der Waals surface area (Å²) in [5, 5.41) is 8.72. The Morgan fingerprint density at radius 2 is 1.88 bits per heavy atom. The Labute approximate surface area is 94.4 Å². The summed E-state index contributed by atoms with van der Waals surface area (Å²) < 4.78 is 36.7. The predicted molar refractivity (Wildman–Crippen MR) is 57.0 cm³/mol. The number of nitrogens with zero attached hydrogens (tertiary/aromatic N) is 1. The van der Waals surface area contributed by atoms with Gasteiger partial charge in [-0.25, -0.2) is 0 Å². The highest BCUT2D eigenvalue weighted by Crippen LogP contribution is 2.18. The number of aliphatic hydroxyl groups excluding tert-OH is 1. The highest BCUT2D eigenvalue weighted by atomic mass is 19.4. The molecule has 0 aliphatic carbocycles. The van der Waals surface area contributed by atoms with Crippen molar-refractivity contribution in [3.8, 4) is 0 Å². The molecule has 0 fully saturated rings. The van der Waals surface area contributed by atoms with Gasteiger partial charge in [-0.2, -0.15) is 13.2 Å². The van der Waals surface area contributed by atoms with E-state index in [1.165, 1.54) is 4.90 Å². The van der Waals surface area contributed by atoms with Gasteiger partial charge in [-0.15, -0.1) is 0 Å². The van der Waals surface area contributed by atoms with E-state index in [1.807, 2.05) is 13.8 Å². The van der Waals surface area contributed by atoms with Crippen LogP contribution >= 0.6 is 0 Å². The fourth-order valence-electron chi connectivity index (χ4n) is 1.52. The predicted octanol–water partition coefficient (Wildman–Crippen LogP) is 1.07. The van der Waals surface area contributed by atoms with Crippen LogP contribution in [0.5, 0.6) is 0 Å². The van der Waals surface area contributed by atoms with Gasteiger partial charge in [0.15, 0.2) is 0 Å². The average Bonchev–Trinajstić information content (AvgIpc) is 2.11. The Balaban J connectivity index is 4.30. The number of hydrogen-bond donors (Lipinski definition) is 2. The molecule has 0 aromatic rings. The lowest BCUT2D eigenvalue weighted by Gasteiger charge is -2.29. The first-order chi connectivity index (χ1) is 7.30. The molecular weight excluding hydrogens is 221 g/mol. The minimum Gasteiger partial charge on any atom is -0.395 e. The molecule has 0 aromatic heterocycles. The SMILES string of the molecule is CC(C)C(CN)CN(CCO)CC(F)(F)F. The average molecular weight is 242 g/mol. The molecule has 0 aliphatic heterocycles. The Morgan fingerprint density at radius 3 is 2.19 bits per heavy atom. The zero-order chi connectivity index (χ0) is 12.8. The zero-order valence-electron chi connectivity index (χ0n) is 9.80. The monoisotopic (exact) mass is 242 g/mol. The summed E-state index contributed by atoms with van der Waals surface area (Å²) in [6, 6.07) is 0. The molecule has 0 bridgehead atoms. The summed E-state index contributed by atoms with van der Waals surface area (Å²) in [6.07, 6.45) is -4.23. The van der Waals surface area contributed by atoms with Crippen LogP contribution in [0.2, 0.25) is 0 Å². The van der Waals surface area contributed by atoms with Crippen LogP contribution in [0.3, 0.4) is 0 Å². The Bertz CT molecular complexity index is 185. The lowest BCUT2D eigenvalue weighted by molar-refractivity contribution is -0.148. The minimum absolute atomic E-state index is 0.0221. The van der Waals surface area contributed by atoms with Crippen LogP contribution in [0.25, 0.3) is 0 Å². The zero-order valence-corrected chi connectivity index (χ0v) is 9.80. The first-order valence-corrected chi connectivity index (χ1v) is 5.40. The van der Waals surface area contributed by atoms with Crippen molar-refractivity contribution >= 4 is 0 Å².